The zero-order chi connectivity index (χ0) is 16.2. The summed E-state index contributed by atoms with van der Waals surface area (Å²) in [6.45, 7) is 3.26. The van der Waals surface area contributed by atoms with Crippen molar-refractivity contribution in [3.8, 4) is 6.07 Å². The lowest BCUT2D eigenvalue weighted by molar-refractivity contribution is -0.0238. The van der Waals surface area contributed by atoms with Crippen LogP contribution in [0, 0.1) is 24.2 Å². The van der Waals surface area contributed by atoms with Crippen molar-refractivity contribution >= 4 is 17.4 Å². The Morgan fingerprint density at radius 3 is 3.13 bits per heavy atom. The van der Waals surface area contributed by atoms with Gasteiger partial charge in [0.05, 0.1) is 22.9 Å². The monoisotopic (exact) mass is 331 g/mol. The van der Waals surface area contributed by atoms with Gasteiger partial charge >= 0.3 is 0 Å². The highest BCUT2D eigenvalue weighted by Crippen LogP contribution is 2.33. The largest absolute Gasteiger partial charge is 0.373 e. The molecule has 0 bridgehead atoms. The Hall–Kier alpha value is -2.10. The molecule has 0 aromatic carbocycles. The predicted octanol–water partition coefficient (Wildman–Crippen LogP) is 3.22. The van der Waals surface area contributed by atoms with E-state index in [2.05, 4.69) is 26.6 Å². The number of nitriles is 1. The minimum atomic E-state index is 0.00827. The highest BCUT2D eigenvalue weighted by molar-refractivity contribution is 6.31. The SMILES string of the molecule is Cc1c(Cl)cnc(NC[C@@H]2CCCO[C@H]2c2cn[nH]c2)c1C#N. The second-order valence-electron chi connectivity index (χ2n) is 5.67. The average molecular weight is 332 g/mol. The second-order valence-corrected chi connectivity index (χ2v) is 6.08. The number of ether oxygens (including phenoxy) is 1. The molecule has 1 aliphatic rings. The van der Waals surface area contributed by atoms with Crippen LogP contribution in [0.1, 0.15) is 35.6 Å². The molecular weight excluding hydrogens is 314 g/mol. The van der Waals surface area contributed by atoms with Crippen LogP contribution in [0.4, 0.5) is 5.82 Å². The number of aromatic nitrogens is 3. The summed E-state index contributed by atoms with van der Waals surface area (Å²) in [5.41, 5.74) is 2.30. The minimum Gasteiger partial charge on any atom is -0.373 e. The Bertz CT molecular complexity index is 710. The van der Waals surface area contributed by atoms with Crippen LogP contribution in [0.3, 0.4) is 0 Å². The van der Waals surface area contributed by atoms with Crippen LogP contribution >= 0.6 is 11.6 Å². The first-order valence-electron chi connectivity index (χ1n) is 7.60. The van der Waals surface area contributed by atoms with Crippen molar-refractivity contribution in [3.05, 3.63) is 40.3 Å². The van der Waals surface area contributed by atoms with Crippen LogP contribution in [-0.2, 0) is 4.74 Å². The Labute approximate surface area is 139 Å². The van der Waals surface area contributed by atoms with Gasteiger partial charge < -0.3 is 10.1 Å². The first kappa shape index (κ1) is 15.8. The normalized spacial score (nSPS) is 20.9. The first-order chi connectivity index (χ1) is 11.2. The smallest absolute Gasteiger partial charge is 0.144 e. The predicted molar refractivity (Wildman–Crippen MR) is 87.2 cm³/mol. The Balaban J connectivity index is 1.74. The number of hydrogen-bond acceptors (Lipinski definition) is 5. The molecule has 0 unspecified atom stereocenters. The molecule has 120 valence electrons. The van der Waals surface area contributed by atoms with Gasteiger partial charge in [0.15, 0.2) is 0 Å². The van der Waals surface area contributed by atoms with Crippen molar-refractivity contribution in [2.45, 2.75) is 25.9 Å². The molecule has 2 N–H and O–H groups in total. The number of nitrogens with zero attached hydrogens (tertiary/aromatic N) is 3. The molecule has 6 nitrogen and oxygen atoms in total. The summed E-state index contributed by atoms with van der Waals surface area (Å²) in [5, 5.41) is 20.0. The summed E-state index contributed by atoms with van der Waals surface area (Å²) >= 11 is 6.03. The number of halogens is 1. The van der Waals surface area contributed by atoms with Crippen LogP contribution in [0.25, 0.3) is 0 Å². The molecule has 23 heavy (non-hydrogen) atoms. The number of hydrogen-bond donors (Lipinski definition) is 2. The van der Waals surface area contributed by atoms with Crippen LogP contribution in [0.15, 0.2) is 18.6 Å². The van der Waals surface area contributed by atoms with E-state index in [0.717, 1.165) is 30.6 Å². The summed E-state index contributed by atoms with van der Waals surface area (Å²) in [7, 11) is 0. The molecule has 0 amide bonds. The molecule has 0 saturated carbocycles. The fourth-order valence-electron chi connectivity index (χ4n) is 2.92. The molecule has 3 heterocycles. The Kier molecular flexibility index (Phi) is 4.79. The highest BCUT2D eigenvalue weighted by Gasteiger charge is 2.28. The fourth-order valence-corrected chi connectivity index (χ4v) is 3.06. The maximum absolute atomic E-state index is 9.34. The van der Waals surface area contributed by atoms with Gasteiger partial charge in [-0.3, -0.25) is 5.10 Å². The van der Waals surface area contributed by atoms with E-state index in [1.54, 1.807) is 12.4 Å². The molecule has 1 aliphatic heterocycles. The van der Waals surface area contributed by atoms with E-state index in [1.807, 2.05) is 13.1 Å². The van der Waals surface area contributed by atoms with E-state index >= 15 is 0 Å². The van der Waals surface area contributed by atoms with Gasteiger partial charge in [-0.05, 0) is 25.3 Å². The molecule has 1 fully saturated rings. The maximum Gasteiger partial charge on any atom is 0.144 e. The van der Waals surface area contributed by atoms with Gasteiger partial charge in [-0.15, -0.1) is 0 Å². The Morgan fingerprint density at radius 2 is 2.39 bits per heavy atom. The fraction of sp³-hybridized carbons (Fsp3) is 0.438. The van der Waals surface area contributed by atoms with Crippen molar-refractivity contribution in [2.75, 3.05) is 18.5 Å². The van der Waals surface area contributed by atoms with Gasteiger partial charge in [-0.25, -0.2) is 4.98 Å². The molecule has 0 aliphatic carbocycles. The number of nitrogens with one attached hydrogen (secondary N) is 2. The summed E-state index contributed by atoms with van der Waals surface area (Å²) in [6, 6.07) is 2.18. The lowest BCUT2D eigenvalue weighted by Gasteiger charge is -2.31. The molecule has 0 radical (unpaired) electrons. The third-order valence-electron chi connectivity index (χ3n) is 4.21. The Morgan fingerprint density at radius 1 is 1.52 bits per heavy atom. The summed E-state index contributed by atoms with van der Waals surface area (Å²) in [4.78, 5) is 4.26. The summed E-state index contributed by atoms with van der Waals surface area (Å²) in [5.74, 6) is 0.872. The van der Waals surface area contributed by atoms with Crippen molar-refractivity contribution in [1.29, 1.82) is 5.26 Å². The number of aromatic amines is 1. The highest BCUT2D eigenvalue weighted by atomic mass is 35.5. The van der Waals surface area contributed by atoms with E-state index in [9.17, 15) is 5.26 Å². The number of rotatable bonds is 4. The zero-order valence-corrected chi connectivity index (χ0v) is 13.6. The standard InChI is InChI=1S/C16H18ClN5O/c1-10-13(5-18)16(20-9-14(10)17)19-6-11-3-2-4-23-15(11)12-7-21-22-8-12/h7-9,11,15H,2-4,6H2,1H3,(H,19,20)(H,21,22)/t11-,15+/m0/s1. The summed E-state index contributed by atoms with van der Waals surface area (Å²) < 4.78 is 5.92. The number of H-pyrrole nitrogens is 1. The molecular formula is C16H18ClN5O. The molecule has 1 saturated heterocycles. The van der Waals surface area contributed by atoms with Gasteiger partial charge in [0.2, 0.25) is 0 Å². The molecule has 2 atom stereocenters. The van der Waals surface area contributed by atoms with E-state index in [0.29, 0.717) is 28.9 Å². The van der Waals surface area contributed by atoms with Crippen LogP contribution in [0.2, 0.25) is 5.02 Å². The van der Waals surface area contributed by atoms with Gasteiger partial charge in [0.25, 0.3) is 0 Å². The first-order valence-corrected chi connectivity index (χ1v) is 7.98. The van der Waals surface area contributed by atoms with Gasteiger partial charge in [0, 0.05) is 37.0 Å². The van der Waals surface area contributed by atoms with E-state index in [-0.39, 0.29) is 6.10 Å². The van der Waals surface area contributed by atoms with Crippen LogP contribution in [-0.4, -0.2) is 28.3 Å². The van der Waals surface area contributed by atoms with Crippen molar-refractivity contribution in [3.63, 3.8) is 0 Å². The molecule has 7 heteroatoms. The third kappa shape index (κ3) is 3.31. The molecule has 2 aromatic rings. The maximum atomic E-state index is 9.34. The van der Waals surface area contributed by atoms with E-state index in [1.165, 1.54) is 0 Å². The number of anilines is 1. The summed E-state index contributed by atoms with van der Waals surface area (Å²) in [6.07, 6.45) is 7.33. The van der Waals surface area contributed by atoms with Crippen LogP contribution in [0.5, 0.6) is 0 Å². The second kappa shape index (κ2) is 6.99. The number of pyridine rings is 1. The topological polar surface area (TPSA) is 86.6 Å². The van der Waals surface area contributed by atoms with Crippen LogP contribution < -0.4 is 5.32 Å². The van der Waals surface area contributed by atoms with Gasteiger partial charge in [-0.1, -0.05) is 11.6 Å². The average Bonchev–Trinajstić information content (AvgIpc) is 3.10. The zero-order valence-electron chi connectivity index (χ0n) is 12.8. The quantitative estimate of drug-likeness (QED) is 0.898. The van der Waals surface area contributed by atoms with Gasteiger partial charge in [0.1, 0.15) is 11.9 Å². The lowest BCUT2D eigenvalue weighted by atomic mass is 9.91. The van der Waals surface area contributed by atoms with Crippen molar-refractivity contribution in [2.24, 2.45) is 5.92 Å². The lowest BCUT2D eigenvalue weighted by Crippen LogP contribution is -2.28. The van der Waals surface area contributed by atoms with E-state index < -0.39 is 0 Å². The van der Waals surface area contributed by atoms with Gasteiger partial charge in [-0.2, -0.15) is 10.4 Å². The van der Waals surface area contributed by atoms with Crippen molar-refractivity contribution in [1.82, 2.24) is 15.2 Å². The molecule has 2 aromatic heterocycles. The van der Waals surface area contributed by atoms with Crippen molar-refractivity contribution < 1.29 is 4.74 Å². The molecule has 3 rings (SSSR count). The molecule has 0 spiro atoms. The minimum absolute atomic E-state index is 0.00827. The third-order valence-corrected chi connectivity index (χ3v) is 4.59. The van der Waals surface area contributed by atoms with E-state index in [4.69, 9.17) is 16.3 Å².